The molecule has 1 aromatic rings. The van der Waals surface area contributed by atoms with E-state index >= 15 is 0 Å². The number of nitrogens with one attached hydrogen (secondary N) is 1. The van der Waals surface area contributed by atoms with E-state index in [0.29, 0.717) is 12.1 Å². The summed E-state index contributed by atoms with van der Waals surface area (Å²) in [6.07, 6.45) is 5.55. The molecule has 0 saturated carbocycles. The zero-order chi connectivity index (χ0) is 11.3. The Morgan fingerprint density at radius 3 is 2.67 bits per heavy atom. The fraction of sp³-hybridized carbons (Fsp3) is 0.750. The molecule has 2 nitrogen and oxygen atoms in total. The smallest absolute Gasteiger partial charge is 0.110 e. The highest BCUT2D eigenvalue weighted by atomic mass is 32.1. The standard InChI is InChI=1S/C12H22N2S/c1-5-7-9(3)14-11(6-2)12-13-8-10(4)15-12/h8-9,11,14H,5-7H2,1-4H3. The highest BCUT2D eigenvalue weighted by Gasteiger charge is 2.14. The molecule has 1 rings (SSSR count). The SMILES string of the molecule is CCCC(C)NC(CC)c1ncc(C)s1. The topological polar surface area (TPSA) is 24.9 Å². The Kier molecular flexibility index (Phi) is 5.26. The zero-order valence-corrected chi connectivity index (χ0v) is 11.0. The van der Waals surface area contributed by atoms with Crippen LogP contribution in [-0.2, 0) is 0 Å². The fourth-order valence-electron chi connectivity index (χ4n) is 1.76. The number of aromatic nitrogens is 1. The molecule has 0 fully saturated rings. The predicted octanol–water partition coefficient (Wildman–Crippen LogP) is 3.68. The summed E-state index contributed by atoms with van der Waals surface area (Å²) < 4.78 is 0. The molecule has 1 aromatic heterocycles. The summed E-state index contributed by atoms with van der Waals surface area (Å²) in [6.45, 7) is 8.82. The van der Waals surface area contributed by atoms with Crippen LogP contribution in [0.15, 0.2) is 6.20 Å². The van der Waals surface area contributed by atoms with Crippen molar-refractivity contribution in [3.8, 4) is 0 Å². The van der Waals surface area contributed by atoms with E-state index in [4.69, 9.17) is 0 Å². The Morgan fingerprint density at radius 1 is 1.47 bits per heavy atom. The number of aryl methyl sites for hydroxylation is 1. The third-order valence-electron chi connectivity index (χ3n) is 2.55. The minimum absolute atomic E-state index is 0.435. The highest BCUT2D eigenvalue weighted by Crippen LogP contribution is 2.22. The average Bonchev–Trinajstić information content (AvgIpc) is 2.61. The van der Waals surface area contributed by atoms with Crippen LogP contribution >= 0.6 is 11.3 Å². The predicted molar refractivity (Wildman–Crippen MR) is 67.4 cm³/mol. The van der Waals surface area contributed by atoms with E-state index in [2.05, 4.69) is 38.0 Å². The van der Waals surface area contributed by atoms with Crippen LogP contribution in [0.25, 0.3) is 0 Å². The summed E-state index contributed by atoms with van der Waals surface area (Å²) in [5.74, 6) is 0. The van der Waals surface area contributed by atoms with Crippen LogP contribution in [0.4, 0.5) is 0 Å². The van der Waals surface area contributed by atoms with Crippen molar-refractivity contribution in [2.75, 3.05) is 0 Å². The third kappa shape index (κ3) is 3.92. The quantitative estimate of drug-likeness (QED) is 0.800. The van der Waals surface area contributed by atoms with Crippen molar-refractivity contribution >= 4 is 11.3 Å². The normalized spacial score (nSPS) is 15.2. The van der Waals surface area contributed by atoms with Crippen molar-refractivity contribution in [1.29, 1.82) is 0 Å². The molecule has 2 atom stereocenters. The molecule has 0 aliphatic carbocycles. The third-order valence-corrected chi connectivity index (χ3v) is 3.58. The maximum atomic E-state index is 4.46. The van der Waals surface area contributed by atoms with Gasteiger partial charge in [0.2, 0.25) is 0 Å². The van der Waals surface area contributed by atoms with E-state index in [1.807, 2.05) is 6.20 Å². The molecule has 3 heteroatoms. The molecule has 86 valence electrons. The molecular weight excluding hydrogens is 204 g/mol. The Balaban J connectivity index is 2.56. The second-order valence-corrected chi connectivity index (χ2v) is 5.39. The Labute approximate surface area is 97.1 Å². The monoisotopic (exact) mass is 226 g/mol. The van der Waals surface area contributed by atoms with Crippen LogP contribution in [0, 0.1) is 6.92 Å². The van der Waals surface area contributed by atoms with Gasteiger partial charge in [0, 0.05) is 17.1 Å². The number of nitrogens with zero attached hydrogens (tertiary/aromatic N) is 1. The van der Waals surface area contributed by atoms with Crippen LogP contribution < -0.4 is 5.32 Å². The molecule has 2 unspecified atom stereocenters. The van der Waals surface area contributed by atoms with Gasteiger partial charge in [-0.05, 0) is 26.7 Å². The Morgan fingerprint density at radius 2 is 2.20 bits per heavy atom. The average molecular weight is 226 g/mol. The van der Waals surface area contributed by atoms with E-state index in [0.717, 1.165) is 6.42 Å². The first kappa shape index (κ1) is 12.7. The number of hydrogen-bond donors (Lipinski definition) is 1. The summed E-state index contributed by atoms with van der Waals surface area (Å²) in [4.78, 5) is 5.76. The Hall–Kier alpha value is -0.410. The van der Waals surface area contributed by atoms with E-state index in [-0.39, 0.29) is 0 Å². The van der Waals surface area contributed by atoms with Crippen molar-refractivity contribution < 1.29 is 0 Å². The first-order valence-electron chi connectivity index (χ1n) is 5.85. The lowest BCUT2D eigenvalue weighted by Crippen LogP contribution is -2.30. The van der Waals surface area contributed by atoms with Gasteiger partial charge in [0.1, 0.15) is 5.01 Å². The molecule has 1 N–H and O–H groups in total. The van der Waals surface area contributed by atoms with Crippen LogP contribution in [0.1, 0.15) is 56.0 Å². The van der Waals surface area contributed by atoms with E-state index in [9.17, 15) is 0 Å². The molecule has 1 heterocycles. The van der Waals surface area contributed by atoms with Crippen LogP contribution in [-0.4, -0.2) is 11.0 Å². The van der Waals surface area contributed by atoms with E-state index < -0.39 is 0 Å². The van der Waals surface area contributed by atoms with Crippen LogP contribution in [0.2, 0.25) is 0 Å². The van der Waals surface area contributed by atoms with E-state index in [1.54, 1.807) is 11.3 Å². The van der Waals surface area contributed by atoms with E-state index in [1.165, 1.54) is 22.7 Å². The van der Waals surface area contributed by atoms with Crippen molar-refractivity contribution in [2.45, 2.75) is 59.0 Å². The minimum atomic E-state index is 0.435. The molecule has 0 saturated heterocycles. The number of rotatable bonds is 6. The highest BCUT2D eigenvalue weighted by molar-refractivity contribution is 7.11. The zero-order valence-electron chi connectivity index (χ0n) is 10.2. The van der Waals surface area contributed by atoms with Gasteiger partial charge in [0.25, 0.3) is 0 Å². The maximum Gasteiger partial charge on any atom is 0.110 e. The fourth-order valence-corrected chi connectivity index (χ4v) is 2.67. The maximum absolute atomic E-state index is 4.46. The molecule has 0 aromatic carbocycles. The Bertz CT molecular complexity index is 283. The molecule has 0 radical (unpaired) electrons. The van der Waals surface area contributed by atoms with Crippen LogP contribution in [0.5, 0.6) is 0 Å². The van der Waals surface area contributed by atoms with Crippen molar-refractivity contribution in [1.82, 2.24) is 10.3 Å². The van der Waals surface area contributed by atoms with Gasteiger partial charge in [0.15, 0.2) is 0 Å². The van der Waals surface area contributed by atoms with Gasteiger partial charge < -0.3 is 5.32 Å². The van der Waals surface area contributed by atoms with Crippen molar-refractivity contribution in [3.05, 3.63) is 16.1 Å². The van der Waals surface area contributed by atoms with Gasteiger partial charge in [-0.3, -0.25) is 0 Å². The summed E-state index contributed by atoms with van der Waals surface area (Å²) in [7, 11) is 0. The molecule has 0 bridgehead atoms. The number of hydrogen-bond acceptors (Lipinski definition) is 3. The molecule has 0 spiro atoms. The second kappa shape index (κ2) is 6.23. The lowest BCUT2D eigenvalue weighted by Gasteiger charge is -2.20. The molecule has 0 aliphatic rings. The molecule has 15 heavy (non-hydrogen) atoms. The largest absolute Gasteiger partial charge is 0.305 e. The van der Waals surface area contributed by atoms with Gasteiger partial charge in [-0.25, -0.2) is 4.98 Å². The summed E-state index contributed by atoms with van der Waals surface area (Å²) in [6, 6.07) is 1.02. The van der Waals surface area contributed by atoms with Crippen LogP contribution in [0.3, 0.4) is 0 Å². The summed E-state index contributed by atoms with van der Waals surface area (Å²) >= 11 is 1.81. The summed E-state index contributed by atoms with van der Waals surface area (Å²) in [5, 5.41) is 4.88. The van der Waals surface area contributed by atoms with Crippen molar-refractivity contribution in [2.24, 2.45) is 0 Å². The lowest BCUT2D eigenvalue weighted by molar-refractivity contribution is 0.423. The second-order valence-electron chi connectivity index (χ2n) is 4.13. The first-order valence-corrected chi connectivity index (χ1v) is 6.67. The van der Waals surface area contributed by atoms with Gasteiger partial charge in [-0.2, -0.15) is 0 Å². The molecule has 0 amide bonds. The molecular formula is C12H22N2S. The number of thiazole rings is 1. The minimum Gasteiger partial charge on any atom is -0.305 e. The van der Waals surface area contributed by atoms with Gasteiger partial charge in [0.05, 0.1) is 6.04 Å². The summed E-state index contributed by atoms with van der Waals surface area (Å²) in [5.41, 5.74) is 0. The van der Waals surface area contributed by atoms with Gasteiger partial charge >= 0.3 is 0 Å². The van der Waals surface area contributed by atoms with Crippen molar-refractivity contribution in [3.63, 3.8) is 0 Å². The lowest BCUT2D eigenvalue weighted by atomic mass is 10.1. The first-order chi connectivity index (χ1) is 7.17. The molecule has 0 aliphatic heterocycles. The van der Waals surface area contributed by atoms with Gasteiger partial charge in [-0.15, -0.1) is 11.3 Å². The van der Waals surface area contributed by atoms with Gasteiger partial charge in [-0.1, -0.05) is 20.3 Å².